The summed E-state index contributed by atoms with van der Waals surface area (Å²) in [6.07, 6.45) is 0. The maximum Gasteiger partial charge on any atom is 0.283 e. The molecule has 0 fully saturated rings. The Balaban J connectivity index is 1.85. The first-order valence-corrected chi connectivity index (χ1v) is 7.11. The summed E-state index contributed by atoms with van der Waals surface area (Å²) < 4.78 is 13.2. The van der Waals surface area contributed by atoms with Crippen LogP contribution >= 0.6 is 15.9 Å². The van der Waals surface area contributed by atoms with Gasteiger partial charge in [0.25, 0.3) is 5.89 Å². The van der Waals surface area contributed by atoms with Crippen molar-refractivity contribution >= 4 is 21.7 Å². The van der Waals surface area contributed by atoms with Gasteiger partial charge in [0.05, 0.1) is 5.69 Å². The number of nitrogens with two attached hydrogens (primary N) is 1. The van der Waals surface area contributed by atoms with E-state index in [9.17, 15) is 0 Å². The molecule has 0 aliphatic carbocycles. The highest BCUT2D eigenvalue weighted by Gasteiger charge is 2.17. The van der Waals surface area contributed by atoms with Crippen LogP contribution in [0.15, 0.2) is 25.6 Å². The number of hydrogen-bond donors (Lipinski definition) is 1. The SMILES string of the molecule is CC(C)c1c(N)nnn1Cc1nnc(-c2ccc(Br)o2)o1. The topological polar surface area (TPSA) is 109 Å². The van der Waals surface area contributed by atoms with E-state index < -0.39 is 0 Å². The Hall–Kier alpha value is -2.16. The average Bonchev–Trinajstić information content (AvgIpc) is 3.11. The Morgan fingerprint density at radius 1 is 1.24 bits per heavy atom. The lowest BCUT2D eigenvalue weighted by Crippen LogP contribution is -2.09. The zero-order valence-electron chi connectivity index (χ0n) is 11.4. The van der Waals surface area contributed by atoms with Gasteiger partial charge in [-0.1, -0.05) is 19.1 Å². The van der Waals surface area contributed by atoms with Crippen LogP contribution in [0.3, 0.4) is 0 Å². The Labute approximate surface area is 128 Å². The van der Waals surface area contributed by atoms with Crippen molar-refractivity contribution in [3.8, 4) is 11.7 Å². The number of anilines is 1. The largest absolute Gasteiger partial charge is 0.444 e. The van der Waals surface area contributed by atoms with E-state index in [-0.39, 0.29) is 5.92 Å². The molecule has 21 heavy (non-hydrogen) atoms. The quantitative estimate of drug-likeness (QED) is 0.767. The third kappa shape index (κ3) is 2.68. The summed E-state index contributed by atoms with van der Waals surface area (Å²) >= 11 is 3.23. The van der Waals surface area contributed by atoms with Crippen LogP contribution in [-0.4, -0.2) is 25.2 Å². The van der Waals surface area contributed by atoms with Crippen molar-refractivity contribution in [2.45, 2.75) is 26.3 Å². The van der Waals surface area contributed by atoms with Crippen LogP contribution in [0.25, 0.3) is 11.7 Å². The molecule has 0 bridgehead atoms. The van der Waals surface area contributed by atoms with Crippen molar-refractivity contribution in [1.29, 1.82) is 0 Å². The van der Waals surface area contributed by atoms with Crippen molar-refractivity contribution in [2.24, 2.45) is 0 Å². The highest BCUT2D eigenvalue weighted by molar-refractivity contribution is 9.10. The third-order valence-electron chi connectivity index (χ3n) is 2.88. The van der Waals surface area contributed by atoms with E-state index in [1.165, 1.54) is 0 Å². The zero-order chi connectivity index (χ0) is 15.0. The number of nitrogens with zero attached hydrogens (tertiary/aromatic N) is 5. The molecular formula is C12H13BrN6O2. The lowest BCUT2D eigenvalue weighted by Gasteiger charge is -2.07. The summed E-state index contributed by atoms with van der Waals surface area (Å²) in [5.41, 5.74) is 6.66. The molecule has 2 N–H and O–H groups in total. The fourth-order valence-electron chi connectivity index (χ4n) is 2.02. The normalized spacial score (nSPS) is 11.4. The lowest BCUT2D eigenvalue weighted by atomic mass is 10.1. The molecule has 0 radical (unpaired) electrons. The van der Waals surface area contributed by atoms with Crippen LogP contribution in [0, 0.1) is 0 Å². The second-order valence-electron chi connectivity index (χ2n) is 4.78. The van der Waals surface area contributed by atoms with Gasteiger partial charge in [0, 0.05) is 0 Å². The number of rotatable bonds is 4. The fourth-order valence-corrected chi connectivity index (χ4v) is 2.33. The summed E-state index contributed by atoms with van der Waals surface area (Å²) in [6, 6.07) is 3.50. The Morgan fingerprint density at radius 2 is 2.05 bits per heavy atom. The van der Waals surface area contributed by atoms with Gasteiger partial charge in [0.1, 0.15) is 6.54 Å². The first-order valence-electron chi connectivity index (χ1n) is 6.31. The van der Waals surface area contributed by atoms with Crippen molar-refractivity contribution < 1.29 is 8.83 Å². The Bertz CT molecular complexity index is 759. The predicted molar refractivity (Wildman–Crippen MR) is 77.3 cm³/mol. The monoisotopic (exact) mass is 352 g/mol. The minimum atomic E-state index is 0.198. The lowest BCUT2D eigenvalue weighted by molar-refractivity contribution is 0.444. The zero-order valence-corrected chi connectivity index (χ0v) is 13.0. The van der Waals surface area contributed by atoms with Crippen LogP contribution in [0.1, 0.15) is 31.4 Å². The van der Waals surface area contributed by atoms with E-state index in [0.717, 1.165) is 5.69 Å². The van der Waals surface area contributed by atoms with Crippen LogP contribution in [-0.2, 0) is 6.54 Å². The molecule has 0 saturated carbocycles. The molecule has 3 heterocycles. The summed E-state index contributed by atoms with van der Waals surface area (Å²) in [7, 11) is 0. The van der Waals surface area contributed by atoms with Gasteiger partial charge >= 0.3 is 0 Å². The maximum absolute atomic E-state index is 5.81. The molecule has 8 nitrogen and oxygen atoms in total. The van der Waals surface area contributed by atoms with E-state index in [1.54, 1.807) is 16.8 Å². The summed E-state index contributed by atoms with van der Waals surface area (Å²) in [5, 5.41) is 15.8. The van der Waals surface area contributed by atoms with Gasteiger partial charge in [-0.3, -0.25) is 0 Å². The van der Waals surface area contributed by atoms with Crippen molar-refractivity contribution in [1.82, 2.24) is 25.2 Å². The number of nitrogen functional groups attached to an aromatic ring is 1. The highest BCUT2D eigenvalue weighted by atomic mass is 79.9. The molecule has 0 aliphatic heterocycles. The molecule has 9 heteroatoms. The van der Waals surface area contributed by atoms with E-state index in [1.807, 2.05) is 13.8 Å². The molecule has 0 saturated heterocycles. The van der Waals surface area contributed by atoms with Crippen LogP contribution in [0.5, 0.6) is 0 Å². The van der Waals surface area contributed by atoms with Gasteiger partial charge < -0.3 is 14.6 Å². The molecule has 0 amide bonds. The maximum atomic E-state index is 5.81. The Kier molecular flexibility index (Phi) is 3.50. The molecule has 3 aromatic rings. The predicted octanol–water partition coefficient (Wildman–Crippen LogP) is 2.44. The molecule has 3 aromatic heterocycles. The molecule has 0 aromatic carbocycles. The van der Waals surface area contributed by atoms with E-state index in [0.29, 0.717) is 34.6 Å². The Morgan fingerprint density at radius 3 is 2.71 bits per heavy atom. The van der Waals surface area contributed by atoms with Crippen molar-refractivity contribution in [2.75, 3.05) is 5.73 Å². The van der Waals surface area contributed by atoms with Gasteiger partial charge in [-0.2, -0.15) is 0 Å². The average molecular weight is 353 g/mol. The minimum Gasteiger partial charge on any atom is -0.444 e. The second kappa shape index (κ2) is 5.32. The third-order valence-corrected chi connectivity index (χ3v) is 3.31. The van der Waals surface area contributed by atoms with Crippen LogP contribution in [0.4, 0.5) is 5.82 Å². The van der Waals surface area contributed by atoms with E-state index in [2.05, 4.69) is 36.4 Å². The van der Waals surface area contributed by atoms with Gasteiger partial charge in [-0.05, 0) is 34.0 Å². The van der Waals surface area contributed by atoms with Gasteiger partial charge in [-0.15, -0.1) is 15.3 Å². The molecule has 0 spiro atoms. The van der Waals surface area contributed by atoms with E-state index in [4.69, 9.17) is 14.6 Å². The number of furan rings is 1. The molecule has 0 atom stereocenters. The molecule has 110 valence electrons. The van der Waals surface area contributed by atoms with Crippen LogP contribution in [0.2, 0.25) is 0 Å². The number of halogens is 1. The first-order chi connectivity index (χ1) is 10.0. The fraction of sp³-hybridized carbons (Fsp3) is 0.333. The van der Waals surface area contributed by atoms with Gasteiger partial charge in [0.2, 0.25) is 5.89 Å². The smallest absolute Gasteiger partial charge is 0.283 e. The van der Waals surface area contributed by atoms with Crippen LogP contribution < -0.4 is 5.73 Å². The number of hydrogen-bond acceptors (Lipinski definition) is 7. The first kappa shape index (κ1) is 13.8. The van der Waals surface area contributed by atoms with Gasteiger partial charge in [0.15, 0.2) is 16.2 Å². The molecular weight excluding hydrogens is 340 g/mol. The minimum absolute atomic E-state index is 0.198. The van der Waals surface area contributed by atoms with E-state index >= 15 is 0 Å². The molecule has 3 rings (SSSR count). The van der Waals surface area contributed by atoms with Crippen molar-refractivity contribution in [3.63, 3.8) is 0 Å². The van der Waals surface area contributed by atoms with Crippen molar-refractivity contribution in [3.05, 3.63) is 28.4 Å². The summed E-state index contributed by atoms with van der Waals surface area (Å²) in [4.78, 5) is 0. The summed E-state index contributed by atoms with van der Waals surface area (Å²) in [5.74, 6) is 1.84. The molecule has 0 unspecified atom stereocenters. The second-order valence-corrected chi connectivity index (χ2v) is 5.56. The molecule has 0 aliphatic rings. The number of aromatic nitrogens is 5. The standard InChI is InChI=1S/C12H13BrN6O2/c1-6(2)10-11(14)16-18-19(10)5-9-15-17-12(21-9)7-3-4-8(13)20-7/h3-4,6H,5,14H2,1-2H3. The van der Waals surface area contributed by atoms with Gasteiger partial charge in [-0.25, -0.2) is 4.68 Å². The summed E-state index contributed by atoms with van der Waals surface area (Å²) in [6.45, 7) is 4.35. The highest BCUT2D eigenvalue weighted by Crippen LogP contribution is 2.24.